The van der Waals surface area contributed by atoms with Gasteiger partial charge < -0.3 is 10.1 Å². The van der Waals surface area contributed by atoms with Gasteiger partial charge in [-0.05, 0) is 24.9 Å². The van der Waals surface area contributed by atoms with Crippen molar-refractivity contribution in [3.63, 3.8) is 0 Å². The molecule has 0 fully saturated rings. The van der Waals surface area contributed by atoms with Gasteiger partial charge in [0.05, 0.1) is 12.3 Å². The smallest absolute Gasteiger partial charge is 0.124 e. The zero-order valence-electron chi connectivity index (χ0n) is 12.1. The molecule has 0 unspecified atom stereocenters. The maximum absolute atomic E-state index is 5.25. The quantitative estimate of drug-likeness (QED) is 0.789. The monoisotopic (exact) mass is 308 g/mol. The molecule has 2 aromatic rings. The number of aromatic nitrogens is 1. The number of benzene rings is 1. The summed E-state index contributed by atoms with van der Waals surface area (Å²) in [4.78, 5) is 7.26. The molecule has 5 heteroatoms. The molecule has 1 aromatic carbocycles. The second kappa shape index (κ2) is 7.78. The minimum absolute atomic E-state index is 0.570. The van der Waals surface area contributed by atoms with Gasteiger partial charge in [-0.25, -0.2) is 4.98 Å². The summed E-state index contributed by atoms with van der Waals surface area (Å²) in [7, 11) is 1.71. The first kappa shape index (κ1) is 15.5. The first-order chi connectivity index (χ1) is 9.78. The summed E-state index contributed by atoms with van der Waals surface area (Å²) in [5, 5.41) is 4.43. The Morgan fingerprint density at radius 2 is 2.05 bits per heavy atom. The van der Waals surface area contributed by atoms with Gasteiger partial charge in [-0.1, -0.05) is 19.1 Å². The summed E-state index contributed by atoms with van der Waals surface area (Å²) < 4.78 is 5.25. The molecule has 0 aliphatic rings. The second-order valence-corrected chi connectivity index (χ2v) is 6.29. The van der Waals surface area contributed by atoms with Gasteiger partial charge in [0, 0.05) is 29.0 Å². The molecule has 0 aliphatic heterocycles. The summed E-state index contributed by atoms with van der Waals surface area (Å²) in [5.41, 5.74) is 2.22. The zero-order chi connectivity index (χ0) is 14.4. The molecule has 1 N–H and O–H groups in total. The van der Waals surface area contributed by atoms with Gasteiger partial charge in [0.25, 0.3) is 0 Å². The minimum atomic E-state index is 0.570. The number of methoxy groups -OCH3 is 1. The highest BCUT2D eigenvalue weighted by Crippen LogP contribution is 2.29. The topological polar surface area (TPSA) is 34.2 Å². The van der Waals surface area contributed by atoms with E-state index >= 15 is 0 Å². The van der Waals surface area contributed by atoms with Crippen molar-refractivity contribution in [2.75, 3.05) is 19.9 Å². The highest BCUT2D eigenvalue weighted by atomic mass is 32.2. The Morgan fingerprint density at radius 1 is 1.30 bits per heavy atom. The summed E-state index contributed by atoms with van der Waals surface area (Å²) in [6.07, 6.45) is 2.09. The lowest BCUT2D eigenvalue weighted by Gasteiger charge is -2.00. The van der Waals surface area contributed by atoms with Crippen molar-refractivity contribution < 1.29 is 4.74 Å². The third kappa shape index (κ3) is 3.82. The number of ether oxygens (including phenoxy) is 1. The Labute approximate surface area is 128 Å². The molecule has 0 bridgehead atoms. The Hall–Kier alpha value is -0.880. The predicted molar refractivity (Wildman–Crippen MR) is 87.4 cm³/mol. The van der Waals surface area contributed by atoms with Crippen molar-refractivity contribution in [2.24, 2.45) is 0 Å². The standard InChI is InChI=1S/C15H20N2OS2/c1-4-16-9-14-13(10-18-2)17-15(20-14)11-5-7-12(19-3)8-6-11/h5-8,16H,4,9-10H2,1-3H3. The third-order valence-electron chi connectivity index (χ3n) is 2.93. The number of hydrogen-bond donors (Lipinski definition) is 1. The van der Waals surface area contributed by atoms with Gasteiger partial charge in [0.1, 0.15) is 5.01 Å². The molecule has 0 amide bonds. The fourth-order valence-electron chi connectivity index (χ4n) is 1.87. The van der Waals surface area contributed by atoms with E-state index in [-0.39, 0.29) is 0 Å². The van der Waals surface area contributed by atoms with Crippen LogP contribution in [0.3, 0.4) is 0 Å². The van der Waals surface area contributed by atoms with Crippen LogP contribution < -0.4 is 5.32 Å². The molecule has 0 saturated heterocycles. The van der Waals surface area contributed by atoms with Crippen LogP contribution in [0.15, 0.2) is 29.2 Å². The average molecular weight is 308 g/mol. The van der Waals surface area contributed by atoms with Gasteiger partial charge in [-0.3, -0.25) is 0 Å². The van der Waals surface area contributed by atoms with Gasteiger partial charge in [0.2, 0.25) is 0 Å². The highest BCUT2D eigenvalue weighted by molar-refractivity contribution is 7.98. The molecule has 3 nitrogen and oxygen atoms in total. The Bertz CT molecular complexity index is 537. The minimum Gasteiger partial charge on any atom is -0.378 e. The van der Waals surface area contributed by atoms with Crippen LogP contribution in [-0.4, -0.2) is 24.9 Å². The van der Waals surface area contributed by atoms with Crippen LogP contribution in [0.2, 0.25) is 0 Å². The maximum Gasteiger partial charge on any atom is 0.124 e. The van der Waals surface area contributed by atoms with Crippen molar-refractivity contribution in [1.82, 2.24) is 10.3 Å². The molecular weight excluding hydrogens is 288 g/mol. The Kier molecular flexibility index (Phi) is 6.04. The molecule has 0 aliphatic carbocycles. The first-order valence-electron chi connectivity index (χ1n) is 6.61. The van der Waals surface area contributed by atoms with E-state index in [0.717, 1.165) is 23.8 Å². The highest BCUT2D eigenvalue weighted by Gasteiger charge is 2.12. The third-order valence-corrected chi connectivity index (χ3v) is 4.82. The molecule has 1 heterocycles. The van der Waals surface area contributed by atoms with E-state index in [1.54, 1.807) is 30.2 Å². The summed E-state index contributed by atoms with van der Waals surface area (Å²) in [6.45, 7) is 4.50. The second-order valence-electron chi connectivity index (χ2n) is 4.33. The first-order valence-corrected chi connectivity index (χ1v) is 8.65. The molecular formula is C15H20N2OS2. The molecule has 2 rings (SSSR count). The van der Waals surface area contributed by atoms with Gasteiger partial charge in [-0.15, -0.1) is 23.1 Å². The molecule has 1 aromatic heterocycles. The number of rotatable bonds is 7. The van der Waals surface area contributed by atoms with E-state index in [2.05, 4.69) is 42.8 Å². The lowest BCUT2D eigenvalue weighted by molar-refractivity contribution is 0.181. The number of hydrogen-bond acceptors (Lipinski definition) is 5. The molecule has 108 valence electrons. The fraction of sp³-hybridized carbons (Fsp3) is 0.400. The molecule has 0 atom stereocenters. The van der Waals surface area contributed by atoms with Crippen LogP contribution >= 0.6 is 23.1 Å². The van der Waals surface area contributed by atoms with Gasteiger partial charge in [-0.2, -0.15) is 0 Å². The van der Waals surface area contributed by atoms with E-state index < -0.39 is 0 Å². The van der Waals surface area contributed by atoms with Crippen LogP contribution in [0.4, 0.5) is 0 Å². The number of nitrogens with one attached hydrogen (secondary N) is 1. The Morgan fingerprint density at radius 3 is 2.65 bits per heavy atom. The lowest BCUT2D eigenvalue weighted by atomic mass is 10.2. The molecule has 0 spiro atoms. The van der Waals surface area contributed by atoms with Gasteiger partial charge >= 0.3 is 0 Å². The van der Waals surface area contributed by atoms with Crippen molar-refractivity contribution >= 4 is 23.1 Å². The van der Waals surface area contributed by atoms with E-state index in [9.17, 15) is 0 Å². The van der Waals surface area contributed by atoms with Crippen LogP contribution in [-0.2, 0) is 17.9 Å². The fourth-order valence-corrected chi connectivity index (χ4v) is 3.31. The van der Waals surface area contributed by atoms with Crippen LogP contribution in [0.25, 0.3) is 10.6 Å². The molecule has 20 heavy (non-hydrogen) atoms. The number of nitrogens with zero attached hydrogens (tertiary/aromatic N) is 1. The average Bonchev–Trinajstić information content (AvgIpc) is 2.89. The van der Waals surface area contributed by atoms with Crippen LogP contribution in [0.1, 0.15) is 17.5 Å². The largest absolute Gasteiger partial charge is 0.378 e. The zero-order valence-corrected chi connectivity index (χ0v) is 13.7. The van der Waals surface area contributed by atoms with E-state index in [1.807, 2.05) is 0 Å². The molecule has 0 saturated carbocycles. The van der Waals surface area contributed by atoms with Crippen LogP contribution in [0, 0.1) is 0 Å². The van der Waals surface area contributed by atoms with E-state index in [0.29, 0.717) is 6.61 Å². The van der Waals surface area contributed by atoms with Crippen molar-refractivity contribution in [3.8, 4) is 10.6 Å². The summed E-state index contributed by atoms with van der Waals surface area (Å²) in [6, 6.07) is 8.55. The maximum atomic E-state index is 5.25. The summed E-state index contributed by atoms with van der Waals surface area (Å²) >= 11 is 3.50. The summed E-state index contributed by atoms with van der Waals surface area (Å²) in [5.74, 6) is 0. The van der Waals surface area contributed by atoms with Crippen molar-refractivity contribution in [3.05, 3.63) is 34.8 Å². The predicted octanol–water partition coefficient (Wildman–Crippen LogP) is 3.79. The normalized spacial score (nSPS) is 10.9. The van der Waals surface area contributed by atoms with E-state index in [4.69, 9.17) is 9.72 Å². The van der Waals surface area contributed by atoms with Crippen LogP contribution in [0.5, 0.6) is 0 Å². The van der Waals surface area contributed by atoms with E-state index in [1.165, 1.54) is 15.3 Å². The van der Waals surface area contributed by atoms with Crippen molar-refractivity contribution in [1.29, 1.82) is 0 Å². The SMILES string of the molecule is CCNCc1sc(-c2ccc(SC)cc2)nc1COC. The number of thioether (sulfide) groups is 1. The number of thiazole rings is 1. The van der Waals surface area contributed by atoms with Crippen molar-refractivity contribution in [2.45, 2.75) is 25.0 Å². The Balaban J connectivity index is 2.25. The van der Waals surface area contributed by atoms with Gasteiger partial charge in [0.15, 0.2) is 0 Å². The lowest BCUT2D eigenvalue weighted by Crippen LogP contribution is -2.12. The molecule has 0 radical (unpaired) electrons.